The van der Waals surface area contributed by atoms with E-state index in [-0.39, 0.29) is 105 Å². The Kier molecular flexibility index (Phi) is 15.6. The molecule has 0 saturated carbocycles. The fourth-order valence-electron chi connectivity index (χ4n) is 25.6. The van der Waals surface area contributed by atoms with Crippen LogP contribution in [0.3, 0.4) is 0 Å². The lowest BCUT2D eigenvalue weighted by Gasteiger charge is -2.46. The van der Waals surface area contributed by atoms with E-state index in [2.05, 4.69) is 395 Å². The van der Waals surface area contributed by atoms with Crippen molar-refractivity contribution in [3.8, 4) is 123 Å². The smallest absolute Gasteiger partial charge is 0.256 e. The van der Waals surface area contributed by atoms with E-state index in [9.17, 15) is 19.2 Å². The highest BCUT2D eigenvalue weighted by Gasteiger charge is 2.57. The maximum absolute atomic E-state index is 10.6. The molecule has 686 valence electrons. The number of para-hydroxylation sites is 2. The molecule has 4 aliphatic carbocycles. The highest BCUT2D eigenvalue weighted by Crippen LogP contribution is 2.68. The molecule has 8 aliphatic rings. The third-order valence-corrected chi connectivity index (χ3v) is 32.1. The van der Waals surface area contributed by atoms with Crippen molar-refractivity contribution in [2.75, 3.05) is 14.7 Å². The van der Waals surface area contributed by atoms with Gasteiger partial charge in [-0.25, -0.2) is 0 Å². The van der Waals surface area contributed by atoms with Crippen LogP contribution in [0, 0.1) is 0 Å². The Morgan fingerprint density at radius 1 is 0.222 bits per heavy atom. The molecule has 0 fully saturated rings. The van der Waals surface area contributed by atoms with Gasteiger partial charge in [0.25, 0.3) is 13.4 Å². The van der Waals surface area contributed by atoms with E-state index >= 15 is 0 Å². The van der Waals surface area contributed by atoms with Crippen molar-refractivity contribution in [2.24, 2.45) is 0 Å². The van der Waals surface area contributed by atoms with Gasteiger partial charge in [0.05, 0.1) is 41.4 Å². The molecule has 28 rings (SSSR count). The van der Waals surface area contributed by atoms with Crippen LogP contribution in [0.15, 0.2) is 430 Å². The Balaban J connectivity index is 0.783. The number of benzene rings is 20. The quantitative estimate of drug-likeness (QED) is 0.134. The Bertz CT molecular complexity index is 9640. The normalized spacial score (nSPS) is 17.0. The Labute approximate surface area is 866 Å². The summed E-state index contributed by atoms with van der Waals surface area (Å²) >= 11 is 0. The molecule has 4 nitrogen and oxygen atoms in total. The number of ether oxygens (including phenoxy) is 1. The van der Waals surface area contributed by atoms with Gasteiger partial charge in [0.15, 0.2) is 0 Å². The van der Waals surface area contributed by atoms with Crippen LogP contribution in [0.25, 0.3) is 111 Å². The monoisotopic (exact) mass is 1860 g/mol. The number of hydrogen-bond donors (Lipinski definition) is 0. The van der Waals surface area contributed by atoms with Gasteiger partial charge in [-0.2, -0.15) is 0 Å². The van der Waals surface area contributed by atoms with Crippen LogP contribution in [-0.2, 0) is 32.5 Å². The summed E-state index contributed by atoms with van der Waals surface area (Å²) in [6.45, 7) is 26.1. The van der Waals surface area contributed by atoms with Gasteiger partial charge in [-0.1, -0.05) is 435 Å². The van der Waals surface area contributed by atoms with Crippen molar-refractivity contribution >= 4 is 97.4 Å². The summed E-state index contributed by atoms with van der Waals surface area (Å²) in [4.78, 5) is 7.54. The summed E-state index contributed by atoms with van der Waals surface area (Å²) in [6, 6.07) is 119. The number of anilines is 9. The summed E-state index contributed by atoms with van der Waals surface area (Å²) in [5.74, 6) is 1.12. The van der Waals surface area contributed by atoms with Crippen LogP contribution in [0.2, 0.25) is 0 Å². The molecule has 0 N–H and O–H groups in total. The van der Waals surface area contributed by atoms with Crippen LogP contribution in [-0.4, -0.2) is 13.4 Å². The summed E-state index contributed by atoms with van der Waals surface area (Å²) in [6.07, 6.45) is 0. The van der Waals surface area contributed by atoms with Gasteiger partial charge in [0, 0.05) is 68.1 Å². The van der Waals surface area contributed by atoms with Gasteiger partial charge in [0.2, 0.25) is 0 Å². The highest BCUT2D eigenvalue weighted by atomic mass is 16.5. The second kappa shape index (κ2) is 31.1. The van der Waals surface area contributed by atoms with Crippen molar-refractivity contribution in [1.82, 2.24) is 0 Å². The van der Waals surface area contributed by atoms with E-state index < -0.39 is 59.3 Å². The first kappa shape index (κ1) is 72.1. The molecule has 20 aromatic rings. The van der Waals surface area contributed by atoms with Crippen molar-refractivity contribution in [1.29, 1.82) is 0 Å². The lowest BCUT2D eigenvalue weighted by molar-refractivity contribution is 0.488. The summed E-state index contributed by atoms with van der Waals surface area (Å²) < 4.78 is 147. The minimum Gasteiger partial charge on any atom is -0.458 e. The number of fused-ring (bicyclic) bond motifs is 28. The van der Waals surface area contributed by atoms with Gasteiger partial charge in [-0.3, -0.25) is 0 Å². The van der Waals surface area contributed by atoms with E-state index in [4.69, 9.17) is 4.74 Å². The molecule has 20 aromatic carbocycles. The maximum atomic E-state index is 10.6. The zero-order valence-corrected chi connectivity index (χ0v) is 82.3. The molecule has 0 aromatic heterocycles. The molecule has 4 heterocycles. The fraction of sp³-hybridized carbons (Fsp3) is 0.130. The minimum atomic E-state index is -1.64. The third kappa shape index (κ3) is 12.2. The molecule has 0 amide bonds. The molecule has 144 heavy (non-hydrogen) atoms. The summed E-state index contributed by atoms with van der Waals surface area (Å²) in [7, 11) is 0. The maximum Gasteiger partial charge on any atom is 0.256 e. The average Bonchev–Trinajstić information content (AvgIpc) is 1.45. The van der Waals surface area contributed by atoms with Crippen molar-refractivity contribution in [3.05, 3.63) is 497 Å². The van der Waals surface area contributed by atoms with Gasteiger partial charge in [-0.15, -0.1) is 0 Å². The second-order valence-electron chi connectivity index (χ2n) is 44.2. The zero-order chi connectivity index (χ0) is 109. The van der Waals surface area contributed by atoms with Crippen molar-refractivity contribution < 1.29 is 23.9 Å². The molecule has 4 aliphatic heterocycles. The predicted octanol–water partition coefficient (Wildman–Crippen LogP) is 32.1. The Morgan fingerprint density at radius 2 is 0.562 bits per heavy atom. The van der Waals surface area contributed by atoms with Crippen molar-refractivity contribution in [3.63, 3.8) is 0 Å². The largest absolute Gasteiger partial charge is 0.458 e. The predicted molar refractivity (Wildman–Crippen MR) is 606 cm³/mol. The van der Waals surface area contributed by atoms with Crippen molar-refractivity contribution in [2.45, 2.75) is 116 Å². The van der Waals surface area contributed by atoms with E-state index in [1.165, 1.54) is 0 Å². The van der Waals surface area contributed by atoms with Gasteiger partial charge in [-0.05, 0) is 283 Å². The molecule has 0 bridgehead atoms. The van der Waals surface area contributed by atoms with E-state index in [0.717, 1.165) is 184 Å². The SMILES string of the molecule is [2H]c1cc2c(c([2H])c1[2H])-c1c([2H])c([2H])c([2H])c([2H])c1C21c2ccccc2-c2cccc(-c3cc4c5c(c3)N(c3c(-c6ccccc6)cc(C(C)(C)C)cc3-c3ccccc3)c3ccccc3B5c3cc5c(cc3O4)N(c3cc(C(C)(C)C)cc(C(C)(C)C)c3)c3cc(-c4cccc6c4C4(c7ccccc7-6)c6cc([2H])c([2H])c([2H])c6-c6c([2H])c([2H])c([2H])c([2H])c64)cc4c3B5c3ccccc3N4c3c(-c4ccccc4)cc(C(C)(C)C)cc3-c3ccccc3)c21. The first-order valence-corrected chi connectivity index (χ1v) is 50.3. The highest BCUT2D eigenvalue weighted by molar-refractivity contribution is 7.02. The van der Waals surface area contributed by atoms with Crippen LogP contribution in [0.5, 0.6) is 11.5 Å². The fourth-order valence-corrected chi connectivity index (χ4v) is 25.6. The van der Waals surface area contributed by atoms with Gasteiger partial charge < -0.3 is 19.4 Å². The molecular formula is C138H107B2N3O. The van der Waals surface area contributed by atoms with Crippen LogP contribution < -0.4 is 52.2 Å². The van der Waals surface area contributed by atoms with E-state index in [1.807, 2.05) is 36.4 Å². The van der Waals surface area contributed by atoms with Crippen LogP contribution >= 0.6 is 0 Å². The van der Waals surface area contributed by atoms with E-state index in [0.29, 0.717) is 56.0 Å². The number of rotatable bonds is 9. The number of nitrogens with zero attached hydrogens (tertiary/aromatic N) is 3. The molecule has 2 spiro atoms. The molecule has 2 unspecified atom stereocenters. The topological polar surface area (TPSA) is 19.0 Å². The van der Waals surface area contributed by atoms with Gasteiger partial charge in [0.1, 0.15) is 11.5 Å². The first-order valence-electron chi connectivity index (χ1n) is 57.3. The minimum absolute atomic E-state index is 0.123. The molecule has 0 radical (unpaired) electrons. The molecular weight excluding hydrogens is 1740 g/mol. The van der Waals surface area contributed by atoms with Gasteiger partial charge >= 0.3 is 0 Å². The zero-order valence-electron chi connectivity index (χ0n) is 96.3. The molecule has 6 heteroatoms. The molecule has 0 saturated heterocycles. The summed E-state index contributed by atoms with van der Waals surface area (Å²) in [5.41, 5.74) is 31.9. The molecule has 2 atom stereocenters. The van der Waals surface area contributed by atoms with Crippen LogP contribution in [0.4, 0.5) is 51.2 Å². The number of hydrogen-bond acceptors (Lipinski definition) is 4. The third-order valence-electron chi connectivity index (χ3n) is 32.1. The summed E-state index contributed by atoms with van der Waals surface area (Å²) in [5, 5.41) is 0. The Hall–Kier alpha value is -16.3. The van der Waals surface area contributed by atoms with E-state index in [1.54, 1.807) is 12.1 Å². The second-order valence-corrected chi connectivity index (χ2v) is 44.2. The first-order chi connectivity index (χ1) is 75.8. The Morgan fingerprint density at radius 3 is 1.00 bits per heavy atom. The standard InChI is InChI=1S/C138H107B2N3O/c1-133(2,3)90-75-91(134(4,5)6)77-94(76-90)141-121-83-125-118(140-116-68-38-40-70-120(116)143(132-107(86-47-21-15-22-48-86)80-93(136(10,11)12)81-108(132)87-49-23-16-24-50-87)124-73-89(74-126(144-125)130(124)140)96-58-42-60-104-102-56-30-36-66-114(102)138(128(96)104)111-63-33-27-53-99(111)100-54-28-34-64-112(100)138)82-117(121)139-115-67-37-39-69-119(115)142(131-105(84-43-17-13-18-44-84)78-92(135(7,8)9)79-106(131)85-45-19-14-20-46-85)123-72-88(71-122(141)129(123)139)95-57-41-59-103-101-55-29-35-65-113(101)137(127(95)103)109-61-31-25-51-97(109)98-52-26-32-62-110(98)137/h13-83H,1-12H3/i25D,26D,27D,28D,31D,32D,33D,34D,51D,52D,53D,54D,61D,63D. The lowest BCUT2D eigenvalue weighted by Crippen LogP contribution is -2.64. The average molecular weight is 1860 g/mol. The van der Waals surface area contributed by atoms with Crippen LogP contribution in [0.1, 0.15) is 169 Å². The lowest BCUT2D eigenvalue weighted by atomic mass is 9.30.